The van der Waals surface area contributed by atoms with Gasteiger partial charge in [-0.1, -0.05) is 0 Å². The molecule has 66 valence electrons. The molecule has 5 heteroatoms. The number of hydrogen-bond acceptors (Lipinski definition) is 4. The largest absolute Gasteiger partial charge is 0.364 e. The molecule has 0 spiro atoms. The molecule has 1 rings (SSSR count). The van der Waals surface area contributed by atoms with Crippen LogP contribution in [0.2, 0.25) is 0 Å². The number of sulfone groups is 1. The van der Waals surface area contributed by atoms with Crippen molar-refractivity contribution in [2.24, 2.45) is 5.73 Å². The maximum absolute atomic E-state index is 11.2. The standard InChI is InChI=1S/C6H13NO3S/c1-10-6-5(7)3-2-4-11(6,8)9/h5-6H,2-4,7H2,1H3. The van der Waals surface area contributed by atoms with Gasteiger partial charge >= 0.3 is 0 Å². The summed E-state index contributed by atoms with van der Waals surface area (Å²) in [7, 11) is -1.69. The van der Waals surface area contributed by atoms with Gasteiger partial charge in [0.05, 0.1) is 5.75 Å². The summed E-state index contributed by atoms with van der Waals surface area (Å²) < 4.78 is 27.2. The third-order valence-electron chi connectivity index (χ3n) is 1.90. The van der Waals surface area contributed by atoms with Crippen molar-refractivity contribution >= 4 is 9.84 Å². The first kappa shape index (κ1) is 8.96. The highest BCUT2D eigenvalue weighted by molar-refractivity contribution is 7.91. The Labute approximate surface area is 66.6 Å². The van der Waals surface area contributed by atoms with E-state index in [1.807, 2.05) is 0 Å². The first-order valence-electron chi connectivity index (χ1n) is 3.58. The number of nitrogens with two attached hydrogens (primary N) is 1. The number of ether oxygens (including phenoxy) is 1. The van der Waals surface area contributed by atoms with Gasteiger partial charge in [-0.2, -0.15) is 0 Å². The fourth-order valence-electron chi connectivity index (χ4n) is 1.36. The third-order valence-corrected chi connectivity index (χ3v) is 4.01. The van der Waals surface area contributed by atoms with Crippen molar-refractivity contribution in [1.82, 2.24) is 0 Å². The molecule has 0 aromatic carbocycles. The molecule has 0 aromatic rings. The Kier molecular flexibility index (Phi) is 2.51. The maximum atomic E-state index is 11.2. The maximum Gasteiger partial charge on any atom is 0.178 e. The summed E-state index contributed by atoms with van der Waals surface area (Å²) in [6, 6.07) is -0.348. The molecule has 0 bridgehead atoms. The van der Waals surface area contributed by atoms with Gasteiger partial charge in [0.1, 0.15) is 0 Å². The minimum atomic E-state index is -3.07. The lowest BCUT2D eigenvalue weighted by molar-refractivity contribution is 0.133. The molecule has 1 aliphatic heterocycles. The molecule has 2 N–H and O–H groups in total. The minimum Gasteiger partial charge on any atom is -0.364 e. The van der Waals surface area contributed by atoms with Gasteiger partial charge in [0.25, 0.3) is 0 Å². The van der Waals surface area contributed by atoms with Crippen molar-refractivity contribution in [3.63, 3.8) is 0 Å². The predicted molar refractivity (Wildman–Crippen MR) is 41.8 cm³/mol. The summed E-state index contributed by atoms with van der Waals surface area (Å²) in [5, 5.41) is 0. The molecule has 1 fully saturated rings. The highest BCUT2D eigenvalue weighted by Gasteiger charge is 2.34. The molecule has 11 heavy (non-hydrogen) atoms. The molecule has 0 saturated carbocycles. The Morgan fingerprint density at radius 1 is 1.55 bits per heavy atom. The lowest BCUT2D eigenvalue weighted by Crippen LogP contribution is -2.46. The van der Waals surface area contributed by atoms with E-state index in [4.69, 9.17) is 10.5 Å². The van der Waals surface area contributed by atoms with Gasteiger partial charge in [-0.3, -0.25) is 0 Å². The molecule has 1 aliphatic rings. The van der Waals surface area contributed by atoms with Crippen LogP contribution in [0.5, 0.6) is 0 Å². The Bertz CT molecular complexity index is 224. The average Bonchev–Trinajstić information content (AvgIpc) is 1.86. The van der Waals surface area contributed by atoms with Gasteiger partial charge < -0.3 is 10.5 Å². The smallest absolute Gasteiger partial charge is 0.178 e. The number of hydrogen-bond donors (Lipinski definition) is 1. The Morgan fingerprint density at radius 3 is 2.55 bits per heavy atom. The first-order valence-corrected chi connectivity index (χ1v) is 5.29. The second-order valence-electron chi connectivity index (χ2n) is 2.78. The summed E-state index contributed by atoms with van der Waals surface area (Å²) in [6.45, 7) is 0. The van der Waals surface area contributed by atoms with E-state index in [1.165, 1.54) is 7.11 Å². The van der Waals surface area contributed by atoms with E-state index < -0.39 is 15.3 Å². The van der Waals surface area contributed by atoms with Gasteiger partial charge in [-0.05, 0) is 12.8 Å². The van der Waals surface area contributed by atoms with Crippen LogP contribution >= 0.6 is 0 Å². The summed E-state index contributed by atoms with van der Waals surface area (Å²) in [5.74, 6) is 0.208. The second-order valence-corrected chi connectivity index (χ2v) is 4.98. The summed E-state index contributed by atoms with van der Waals surface area (Å²) >= 11 is 0. The van der Waals surface area contributed by atoms with Crippen LogP contribution in [-0.2, 0) is 14.6 Å². The summed E-state index contributed by atoms with van der Waals surface area (Å²) in [4.78, 5) is 0. The number of rotatable bonds is 1. The fraction of sp³-hybridized carbons (Fsp3) is 1.00. The van der Waals surface area contributed by atoms with Crippen LogP contribution in [0.1, 0.15) is 12.8 Å². The lowest BCUT2D eigenvalue weighted by atomic mass is 10.2. The fourth-order valence-corrected chi connectivity index (χ4v) is 3.12. The molecular formula is C6H13NO3S. The van der Waals surface area contributed by atoms with Crippen LogP contribution in [0.15, 0.2) is 0 Å². The zero-order chi connectivity index (χ0) is 8.48. The Balaban J connectivity index is 2.81. The second kappa shape index (κ2) is 3.08. The van der Waals surface area contributed by atoms with Crippen LogP contribution in [0.4, 0.5) is 0 Å². The molecule has 2 unspecified atom stereocenters. The van der Waals surface area contributed by atoms with Gasteiger partial charge in [-0.15, -0.1) is 0 Å². The highest BCUT2D eigenvalue weighted by Crippen LogP contribution is 2.18. The van der Waals surface area contributed by atoms with Crippen LogP contribution in [0.3, 0.4) is 0 Å². The topological polar surface area (TPSA) is 69.4 Å². The molecular weight excluding hydrogens is 166 g/mol. The van der Waals surface area contributed by atoms with Crippen LogP contribution in [-0.4, -0.2) is 32.8 Å². The van der Waals surface area contributed by atoms with E-state index in [2.05, 4.69) is 0 Å². The van der Waals surface area contributed by atoms with Gasteiger partial charge in [0, 0.05) is 13.2 Å². The summed E-state index contributed by atoms with van der Waals surface area (Å²) in [6.07, 6.45) is 1.39. The minimum absolute atomic E-state index is 0.208. The van der Waals surface area contributed by atoms with Crippen molar-refractivity contribution in [2.45, 2.75) is 24.3 Å². The van der Waals surface area contributed by atoms with Crippen molar-refractivity contribution in [1.29, 1.82) is 0 Å². The van der Waals surface area contributed by atoms with Crippen molar-refractivity contribution < 1.29 is 13.2 Å². The zero-order valence-corrected chi connectivity index (χ0v) is 7.30. The van der Waals surface area contributed by atoms with E-state index >= 15 is 0 Å². The van der Waals surface area contributed by atoms with Crippen LogP contribution in [0, 0.1) is 0 Å². The Hall–Kier alpha value is -0.130. The normalized spacial score (nSPS) is 36.9. The average molecular weight is 179 g/mol. The molecule has 4 nitrogen and oxygen atoms in total. The van der Waals surface area contributed by atoms with Gasteiger partial charge in [-0.25, -0.2) is 8.42 Å². The van der Waals surface area contributed by atoms with E-state index in [0.717, 1.165) is 6.42 Å². The van der Waals surface area contributed by atoms with Gasteiger partial charge in [0.2, 0.25) is 0 Å². The molecule has 0 aliphatic carbocycles. The van der Waals surface area contributed by atoms with Gasteiger partial charge in [0.15, 0.2) is 15.3 Å². The van der Waals surface area contributed by atoms with E-state index in [0.29, 0.717) is 6.42 Å². The quantitative estimate of drug-likeness (QED) is 0.589. The zero-order valence-electron chi connectivity index (χ0n) is 6.49. The van der Waals surface area contributed by atoms with E-state index in [-0.39, 0.29) is 11.8 Å². The Morgan fingerprint density at radius 2 is 2.18 bits per heavy atom. The first-order chi connectivity index (χ1) is 5.08. The third kappa shape index (κ3) is 1.72. The monoisotopic (exact) mass is 179 g/mol. The molecule has 1 saturated heterocycles. The van der Waals surface area contributed by atoms with Crippen molar-refractivity contribution in [3.05, 3.63) is 0 Å². The van der Waals surface area contributed by atoms with E-state index in [1.54, 1.807) is 0 Å². The SMILES string of the molecule is COC1C(N)CCCS1(=O)=O. The molecule has 2 atom stereocenters. The summed E-state index contributed by atoms with van der Waals surface area (Å²) in [5.41, 5.74) is 4.78. The molecule has 0 radical (unpaired) electrons. The van der Waals surface area contributed by atoms with E-state index in [9.17, 15) is 8.42 Å². The number of methoxy groups -OCH3 is 1. The van der Waals surface area contributed by atoms with Crippen LogP contribution in [0.25, 0.3) is 0 Å². The lowest BCUT2D eigenvalue weighted by Gasteiger charge is -2.26. The van der Waals surface area contributed by atoms with Crippen molar-refractivity contribution in [3.8, 4) is 0 Å². The molecule has 1 heterocycles. The molecule has 0 amide bonds. The van der Waals surface area contributed by atoms with Crippen molar-refractivity contribution in [2.75, 3.05) is 12.9 Å². The molecule has 0 aromatic heterocycles. The predicted octanol–water partition coefficient (Wildman–Crippen LogP) is -0.505. The van der Waals surface area contributed by atoms with Crippen LogP contribution < -0.4 is 5.73 Å². The highest BCUT2D eigenvalue weighted by atomic mass is 32.2.